The number of rotatable bonds is 5. The highest BCUT2D eigenvalue weighted by molar-refractivity contribution is 5.86. The highest BCUT2D eigenvalue weighted by Crippen LogP contribution is 2.30. The standard InChI is InChI=1S/C14H21NO2/c1-5-11-14(2,13(16)15(3)17-4)12-9-7-6-8-10-12/h6-10H,5,11H2,1-4H3. The molecule has 1 unspecified atom stereocenters. The first kappa shape index (κ1) is 13.7. The van der Waals surface area contributed by atoms with Crippen LogP contribution in [0.4, 0.5) is 0 Å². The number of hydroxylamine groups is 2. The molecule has 0 radical (unpaired) electrons. The Bertz CT molecular complexity index is 364. The van der Waals surface area contributed by atoms with Crippen LogP contribution < -0.4 is 0 Å². The fourth-order valence-corrected chi connectivity index (χ4v) is 2.11. The van der Waals surface area contributed by atoms with Gasteiger partial charge < -0.3 is 0 Å². The van der Waals surface area contributed by atoms with E-state index >= 15 is 0 Å². The molecular formula is C14H21NO2. The normalized spacial score (nSPS) is 14.1. The van der Waals surface area contributed by atoms with E-state index in [1.54, 1.807) is 7.05 Å². The van der Waals surface area contributed by atoms with Crippen LogP contribution in [-0.4, -0.2) is 25.1 Å². The number of carbonyl (C=O) groups excluding carboxylic acids is 1. The van der Waals surface area contributed by atoms with Gasteiger partial charge in [-0.1, -0.05) is 43.7 Å². The number of amides is 1. The zero-order valence-electron chi connectivity index (χ0n) is 11.1. The number of nitrogens with zero attached hydrogens (tertiary/aromatic N) is 1. The SMILES string of the molecule is CCCC(C)(C(=O)N(C)OC)c1ccccc1. The van der Waals surface area contributed by atoms with E-state index in [9.17, 15) is 4.79 Å². The summed E-state index contributed by atoms with van der Waals surface area (Å²) >= 11 is 0. The monoisotopic (exact) mass is 235 g/mol. The molecule has 1 amide bonds. The summed E-state index contributed by atoms with van der Waals surface area (Å²) in [6.45, 7) is 4.06. The molecule has 1 aromatic carbocycles. The average molecular weight is 235 g/mol. The molecule has 0 fully saturated rings. The van der Waals surface area contributed by atoms with Gasteiger partial charge in [0.15, 0.2) is 0 Å². The largest absolute Gasteiger partial charge is 0.275 e. The predicted molar refractivity (Wildman–Crippen MR) is 68.5 cm³/mol. The molecule has 0 aliphatic carbocycles. The first-order valence-corrected chi connectivity index (χ1v) is 5.94. The van der Waals surface area contributed by atoms with Gasteiger partial charge in [-0.3, -0.25) is 9.63 Å². The van der Waals surface area contributed by atoms with Crippen molar-refractivity contribution in [3.05, 3.63) is 35.9 Å². The number of hydrogen-bond donors (Lipinski definition) is 0. The molecule has 1 rings (SSSR count). The van der Waals surface area contributed by atoms with Crippen molar-refractivity contribution in [2.24, 2.45) is 0 Å². The number of hydrogen-bond acceptors (Lipinski definition) is 2. The van der Waals surface area contributed by atoms with E-state index in [2.05, 4.69) is 6.92 Å². The summed E-state index contributed by atoms with van der Waals surface area (Å²) < 4.78 is 0. The topological polar surface area (TPSA) is 29.5 Å². The van der Waals surface area contributed by atoms with Gasteiger partial charge >= 0.3 is 0 Å². The van der Waals surface area contributed by atoms with Crippen LogP contribution in [0.3, 0.4) is 0 Å². The van der Waals surface area contributed by atoms with E-state index < -0.39 is 5.41 Å². The van der Waals surface area contributed by atoms with Gasteiger partial charge in [-0.05, 0) is 18.9 Å². The number of carbonyl (C=O) groups is 1. The second-order valence-corrected chi connectivity index (χ2v) is 4.43. The molecule has 1 atom stereocenters. The summed E-state index contributed by atoms with van der Waals surface area (Å²) in [6, 6.07) is 9.88. The Kier molecular flexibility index (Phi) is 4.70. The number of benzene rings is 1. The van der Waals surface area contributed by atoms with Crippen molar-refractivity contribution in [2.45, 2.75) is 32.1 Å². The van der Waals surface area contributed by atoms with Gasteiger partial charge in [0.1, 0.15) is 0 Å². The summed E-state index contributed by atoms with van der Waals surface area (Å²) in [4.78, 5) is 17.4. The average Bonchev–Trinajstić information content (AvgIpc) is 2.38. The maximum absolute atomic E-state index is 12.4. The molecule has 0 saturated carbocycles. The lowest BCUT2D eigenvalue weighted by atomic mass is 9.78. The fourth-order valence-electron chi connectivity index (χ4n) is 2.11. The van der Waals surface area contributed by atoms with E-state index in [-0.39, 0.29) is 5.91 Å². The minimum absolute atomic E-state index is 0.00644. The van der Waals surface area contributed by atoms with Crippen LogP contribution in [0.25, 0.3) is 0 Å². The summed E-state index contributed by atoms with van der Waals surface area (Å²) in [6.07, 6.45) is 1.76. The Labute approximate surface area is 103 Å². The fraction of sp³-hybridized carbons (Fsp3) is 0.500. The third-order valence-electron chi connectivity index (χ3n) is 3.19. The Morgan fingerprint density at radius 2 is 1.94 bits per heavy atom. The molecule has 17 heavy (non-hydrogen) atoms. The second kappa shape index (κ2) is 5.82. The predicted octanol–water partition coefficient (Wildman–Crippen LogP) is 2.76. The number of likely N-dealkylation sites (N-methyl/N-ethyl adjacent to an activating group) is 1. The van der Waals surface area contributed by atoms with Crippen LogP contribution in [0.15, 0.2) is 30.3 Å². The van der Waals surface area contributed by atoms with Crippen LogP contribution in [0.1, 0.15) is 32.3 Å². The van der Waals surface area contributed by atoms with Gasteiger partial charge in [0.2, 0.25) is 0 Å². The van der Waals surface area contributed by atoms with Crippen LogP contribution in [0.5, 0.6) is 0 Å². The summed E-state index contributed by atoms with van der Waals surface area (Å²) in [5, 5.41) is 1.31. The first-order valence-electron chi connectivity index (χ1n) is 5.94. The van der Waals surface area contributed by atoms with Crippen molar-refractivity contribution < 1.29 is 9.63 Å². The van der Waals surface area contributed by atoms with Crippen molar-refractivity contribution in [3.63, 3.8) is 0 Å². The van der Waals surface area contributed by atoms with Gasteiger partial charge in [0.05, 0.1) is 12.5 Å². The molecule has 3 heteroatoms. The minimum atomic E-state index is -0.513. The van der Waals surface area contributed by atoms with Crippen molar-refractivity contribution in [2.75, 3.05) is 14.2 Å². The molecule has 0 saturated heterocycles. The molecule has 0 N–H and O–H groups in total. The zero-order chi connectivity index (χ0) is 12.9. The van der Waals surface area contributed by atoms with Gasteiger partial charge in [0.25, 0.3) is 5.91 Å². The van der Waals surface area contributed by atoms with E-state index in [1.165, 1.54) is 12.2 Å². The minimum Gasteiger partial charge on any atom is -0.275 e. The van der Waals surface area contributed by atoms with Gasteiger partial charge in [-0.2, -0.15) is 0 Å². The molecular weight excluding hydrogens is 214 g/mol. The van der Waals surface area contributed by atoms with Crippen LogP contribution in [-0.2, 0) is 15.0 Å². The third-order valence-corrected chi connectivity index (χ3v) is 3.19. The lowest BCUT2D eigenvalue weighted by molar-refractivity contribution is -0.175. The Hall–Kier alpha value is -1.35. The van der Waals surface area contributed by atoms with Gasteiger partial charge in [-0.15, -0.1) is 0 Å². The molecule has 0 heterocycles. The molecule has 0 bridgehead atoms. The van der Waals surface area contributed by atoms with E-state index in [0.29, 0.717) is 0 Å². The molecule has 94 valence electrons. The van der Waals surface area contributed by atoms with Crippen molar-refractivity contribution in [3.8, 4) is 0 Å². The highest BCUT2D eigenvalue weighted by atomic mass is 16.7. The van der Waals surface area contributed by atoms with E-state index in [4.69, 9.17) is 4.84 Å². The Balaban J connectivity index is 3.09. The van der Waals surface area contributed by atoms with Crippen LogP contribution >= 0.6 is 0 Å². The van der Waals surface area contributed by atoms with Crippen molar-refractivity contribution in [1.82, 2.24) is 5.06 Å². The van der Waals surface area contributed by atoms with Crippen LogP contribution in [0, 0.1) is 0 Å². The third kappa shape index (κ3) is 2.86. The summed E-state index contributed by atoms with van der Waals surface area (Å²) in [5.74, 6) is -0.00644. The molecule has 0 aromatic heterocycles. The molecule has 0 aliphatic rings. The molecule has 1 aromatic rings. The maximum atomic E-state index is 12.4. The highest BCUT2D eigenvalue weighted by Gasteiger charge is 2.36. The molecule has 3 nitrogen and oxygen atoms in total. The lowest BCUT2D eigenvalue weighted by Gasteiger charge is -2.31. The van der Waals surface area contributed by atoms with E-state index in [1.807, 2.05) is 37.3 Å². The zero-order valence-corrected chi connectivity index (χ0v) is 11.1. The van der Waals surface area contributed by atoms with Crippen LogP contribution in [0.2, 0.25) is 0 Å². The lowest BCUT2D eigenvalue weighted by Crippen LogP contribution is -2.42. The van der Waals surface area contributed by atoms with Crippen molar-refractivity contribution >= 4 is 5.91 Å². The quantitative estimate of drug-likeness (QED) is 0.734. The van der Waals surface area contributed by atoms with E-state index in [0.717, 1.165) is 18.4 Å². The molecule has 0 aliphatic heterocycles. The Morgan fingerprint density at radius 1 is 1.35 bits per heavy atom. The summed E-state index contributed by atoms with van der Waals surface area (Å²) in [5.41, 5.74) is 0.525. The maximum Gasteiger partial charge on any atom is 0.256 e. The van der Waals surface area contributed by atoms with Gasteiger partial charge in [-0.25, -0.2) is 5.06 Å². The first-order chi connectivity index (χ1) is 8.06. The second-order valence-electron chi connectivity index (χ2n) is 4.43. The Morgan fingerprint density at radius 3 is 2.41 bits per heavy atom. The summed E-state index contributed by atoms with van der Waals surface area (Å²) in [7, 11) is 3.16. The molecule has 0 spiro atoms. The smallest absolute Gasteiger partial charge is 0.256 e. The van der Waals surface area contributed by atoms with Gasteiger partial charge in [0, 0.05) is 7.05 Å². The van der Waals surface area contributed by atoms with Crippen molar-refractivity contribution in [1.29, 1.82) is 0 Å².